The molecular formula is C10H8F3N3O4. The minimum atomic E-state index is -4.75. The molecule has 10 heteroatoms. The Bertz CT molecular complexity index is 640. The first-order chi connectivity index (χ1) is 9.27. The van der Waals surface area contributed by atoms with Gasteiger partial charge >= 0.3 is 6.18 Å². The van der Waals surface area contributed by atoms with Gasteiger partial charge in [-0.3, -0.25) is 10.1 Å². The van der Waals surface area contributed by atoms with Crippen LogP contribution < -0.4 is 5.32 Å². The number of aliphatic hydroxyl groups is 1. The van der Waals surface area contributed by atoms with E-state index in [0.717, 1.165) is 6.07 Å². The fourth-order valence-electron chi connectivity index (χ4n) is 1.40. The monoisotopic (exact) mass is 291 g/mol. The molecule has 1 atom stereocenters. The Labute approximate surface area is 109 Å². The first-order valence-corrected chi connectivity index (χ1v) is 5.31. The molecule has 0 aliphatic heterocycles. The van der Waals surface area contributed by atoms with Crippen molar-refractivity contribution < 1.29 is 27.6 Å². The number of nitrogens with one attached hydrogen (secondary N) is 1. The number of hydrogen-bond acceptors (Lipinski definition) is 6. The Morgan fingerprint density at radius 1 is 1.50 bits per heavy atom. The molecule has 0 aliphatic rings. The number of anilines is 1. The molecule has 0 spiro atoms. The van der Waals surface area contributed by atoms with Crippen LogP contribution in [0, 0.1) is 10.1 Å². The number of oxazole rings is 1. The number of hydrogen-bond donors (Lipinski definition) is 2. The molecule has 2 N–H and O–H groups in total. The van der Waals surface area contributed by atoms with Gasteiger partial charge in [0.15, 0.2) is 11.7 Å². The van der Waals surface area contributed by atoms with Crippen molar-refractivity contribution in [3.05, 3.63) is 28.3 Å². The van der Waals surface area contributed by atoms with E-state index in [-0.39, 0.29) is 22.8 Å². The Morgan fingerprint density at radius 2 is 2.20 bits per heavy atom. The highest BCUT2D eigenvalue weighted by Crippen LogP contribution is 2.24. The molecule has 1 unspecified atom stereocenters. The molecule has 0 fully saturated rings. The van der Waals surface area contributed by atoms with E-state index in [2.05, 4.69) is 10.3 Å². The number of halogens is 3. The molecule has 0 saturated heterocycles. The lowest BCUT2D eigenvalue weighted by Gasteiger charge is -2.13. The number of nitro groups is 1. The van der Waals surface area contributed by atoms with E-state index in [1.807, 2.05) is 0 Å². The SMILES string of the molecule is O=[N+]([O-])c1ccc2nc(NCC(O)C(F)(F)F)oc2c1. The minimum Gasteiger partial charge on any atom is -0.423 e. The van der Waals surface area contributed by atoms with E-state index in [1.165, 1.54) is 12.1 Å². The number of fused-ring (bicyclic) bond motifs is 1. The number of aromatic nitrogens is 1. The Kier molecular flexibility index (Phi) is 3.49. The van der Waals surface area contributed by atoms with E-state index in [9.17, 15) is 23.3 Å². The third kappa shape index (κ3) is 2.96. The van der Waals surface area contributed by atoms with Gasteiger partial charge in [-0.05, 0) is 6.07 Å². The van der Waals surface area contributed by atoms with E-state index in [4.69, 9.17) is 9.52 Å². The first-order valence-electron chi connectivity index (χ1n) is 5.31. The number of aliphatic hydroxyl groups excluding tert-OH is 1. The average molecular weight is 291 g/mol. The summed E-state index contributed by atoms with van der Waals surface area (Å²) in [5.41, 5.74) is 0.0818. The van der Waals surface area contributed by atoms with Crippen LogP contribution in [0.4, 0.5) is 24.9 Å². The number of benzene rings is 1. The average Bonchev–Trinajstić information content (AvgIpc) is 2.76. The van der Waals surface area contributed by atoms with Crippen LogP contribution in [0.1, 0.15) is 0 Å². The van der Waals surface area contributed by atoms with Crippen molar-refractivity contribution in [3.63, 3.8) is 0 Å². The number of nitro benzene ring substituents is 1. The molecule has 108 valence electrons. The normalized spacial score (nSPS) is 13.4. The van der Waals surface area contributed by atoms with E-state index in [1.54, 1.807) is 0 Å². The molecule has 0 saturated carbocycles. The summed E-state index contributed by atoms with van der Waals surface area (Å²) in [6.45, 7) is -0.835. The van der Waals surface area contributed by atoms with Crippen LogP contribution >= 0.6 is 0 Å². The summed E-state index contributed by atoms with van der Waals surface area (Å²) in [6, 6.07) is 3.35. The number of alkyl halides is 3. The van der Waals surface area contributed by atoms with Gasteiger partial charge in [0.1, 0.15) is 5.52 Å². The van der Waals surface area contributed by atoms with Gasteiger partial charge in [-0.15, -0.1) is 0 Å². The quantitative estimate of drug-likeness (QED) is 0.660. The molecule has 2 aromatic rings. The summed E-state index contributed by atoms with van der Waals surface area (Å²) < 4.78 is 41.3. The second-order valence-electron chi connectivity index (χ2n) is 3.87. The Morgan fingerprint density at radius 3 is 2.80 bits per heavy atom. The predicted molar refractivity (Wildman–Crippen MR) is 61.2 cm³/mol. The van der Waals surface area contributed by atoms with Gasteiger partial charge in [-0.2, -0.15) is 18.2 Å². The highest BCUT2D eigenvalue weighted by molar-refractivity contribution is 5.77. The highest BCUT2D eigenvalue weighted by Gasteiger charge is 2.38. The standard InChI is InChI=1S/C10H8F3N3O4/c11-10(12,13)8(17)4-14-9-15-6-2-1-5(16(18)19)3-7(6)20-9/h1-3,8,17H,4H2,(H,14,15). The van der Waals surface area contributed by atoms with E-state index >= 15 is 0 Å². The topological polar surface area (TPSA) is 101 Å². The maximum atomic E-state index is 12.1. The third-order valence-electron chi connectivity index (χ3n) is 2.41. The summed E-state index contributed by atoms with van der Waals surface area (Å²) in [5, 5.41) is 21.5. The highest BCUT2D eigenvalue weighted by atomic mass is 19.4. The molecule has 20 heavy (non-hydrogen) atoms. The van der Waals surface area contributed by atoms with Gasteiger partial charge in [0.05, 0.1) is 17.5 Å². The second-order valence-corrected chi connectivity index (χ2v) is 3.87. The molecule has 2 rings (SSSR count). The van der Waals surface area contributed by atoms with Crippen molar-refractivity contribution >= 4 is 22.8 Å². The molecule has 0 aliphatic carbocycles. The summed E-state index contributed by atoms with van der Waals surface area (Å²) in [6.07, 6.45) is -7.32. The molecule has 1 heterocycles. The molecule has 0 radical (unpaired) electrons. The van der Waals surface area contributed by atoms with Gasteiger partial charge in [-0.1, -0.05) is 0 Å². The molecular weight excluding hydrogens is 283 g/mol. The van der Waals surface area contributed by atoms with Crippen molar-refractivity contribution in [3.8, 4) is 0 Å². The second kappa shape index (κ2) is 4.96. The first kappa shape index (κ1) is 14.1. The molecule has 1 aromatic heterocycles. The van der Waals surface area contributed by atoms with Crippen molar-refractivity contribution in [1.82, 2.24) is 4.98 Å². The van der Waals surface area contributed by atoms with Crippen LogP contribution in [0.2, 0.25) is 0 Å². The maximum Gasteiger partial charge on any atom is 0.416 e. The predicted octanol–water partition coefficient (Wildman–Crippen LogP) is 2.07. The van der Waals surface area contributed by atoms with Gasteiger partial charge < -0.3 is 14.8 Å². The lowest BCUT2D eigenvalue weighted by molar-refractivity contribution is -0.384. The van der Waals surface area contributed by atoms with Crippen molar-refractivity contribution in [2.24, 2.45) is 0 Å². The zero-order chi connectivity index (χ0) is 14.9. The maximum absolute atomic E-state index is 12.1. The summed E-state index contributed by atoms with van der Waals surface area (Å²) in [7, 11) is 0. The summed E-state index contributed by atoms with van der Waals surface area (Å²) >= 11 is 0. The number of nitrogens with zero attached hydrogens (tertiary/aromatic N) is 2. The third-order valence-corrected chi connectivity index (χ3v) is 2.41. The number of rotatable bonds is 4. The van der Waals surface area contributed by atoms with Crippen LogP contribution in [0.25, 0.3) is 11.1 Å². The summed E-state index contributed by atoms with van der Waals surface area (Å²) in [4.78, 5) is 13.7. The van der Waals surface area contributed by atoms with Crippen LogP contribution in [0.3, 0.4) is 0 Å². The van der Waals surface area contributed by atoms with Crippen LogP contribution in [0.15, 0.2) is 22.6 Å². The van der Waals surface area contributed by atoms with Crippen molar-refractivity contribution in [2.45, 2.75) is 12.3 Å². The lowest BCUT2D eigenvalue weighted by Crippen LogP contribution is -2.35. The van der Waals surface area contributed by atoms with Crippen LogP contribution in [-0.4, -0.2) is 33.8 Å². The molecule has 0 bridgehead atoms. The Balaban J connectivity index is 2.14. The van der Waals surface area contributed by atoms with Gasteiger partial charge in [0.2, 0.25) is 0 Å². The molecule has 0 amide bonds. The smallest absolute Gasteiger partial charge is 0.416 e. The van der Waals surface area contributed by atoms with E-state index < -0.39 is 23.7 Å². The minimum absolute atomic E-state index is 0.0585. The molecule has 1 aromatic carbocycles. The fourth-order valence-corrected chi connectivity index (χ4v) is 1.40. The fraction of sp³-hybridized carbons (Fsp3) is 0.300. The largest absolute Gasteiger partial charge is 0.423 e. The van der Waals surface area contributed by atoms with Gasteiger partial charge in [0.25, 0.3) is 11.7 Å². The van der Waals surface area contributed by atoms with Crippen molar-refractivity contribution in [1.29, 1.82) is 0 Å². The summed E-state index contributed by atoms with van der Waals surface area (Å²) in [5.74, 6) is 0. The zero-order valence-corrected chi connectivity index (χ0v) is 9.72. The van der Waals surface area contributed by atoms with Crippen LogP contribution in [0.5, 0.6) is 0 Å². The lowest BCUT2D eigenvalue weighted by atomic mass is 10.3. The molecule has 7 nitrogen and oxygen atoms in total. The number of non-ortho nitro benzene ring substituents is 1. The Hall–Kier alpha value is -2.36. The van der Waals surface area contributed by atoms with Crippen LogP contribution in [-0.2, 0) is 0 Å². The van der Waals surface area contributed by atoms with Gasteiger partial charge in [-0.25, -0.2) is 0 Å². The van der Waals surface area contributed by atoms with Crippen molar-refractivity contribution in [2.75, 3.05) is 11.9 Å². The van der Waals surface area contributed by atoms with Gasteiger partial charge in [0, 0.05) is 6.07 Å². The van der Waals surface area contributed by atoms with E-state index in [0.29, 0.717) is 0 Å². The zero-order valence-electron chi connectivity index (χ0n) is 9.72.